The summed E-state index contributed by atoms with van der Waals surface area (Å²) >= 11 is 0. The van der Waals surface area contributed by atoms with Crippen molar-refractivity contribution in [2.24, 2.45) is 5.10 Å². The van der Waals surface area contributed by atoms with Gasteiger partial charge in [0.2, 0.25) is 6.10 Å². The minimum Gasteiger partial charge on any atom is -0.485 e. The van der Waals surface area contributed by atoms with Gasteiger partial charge in [0, 0.05) is 0 Å². The number of carbonyl (C=O) groups is 1. The first-order chi connectivity index (χ1) is 11.3. The first kappa shape index (κ1) is 15.1. The highest BCUT2D eigenvalue weighted by molar-refractivity contribution is 5.84. The zero-order valence-electron chi connectivity index (χ0n) is 12.9. The van der Waals surface area contributed by atoms with Crippen LogP contribution in [0, 0.1) is 0 Å². The molecule has 1 atom stereocenters. The molecule has 0 aliphatic carbocycles. The summed E-state index contributed by atoms with van der Waals surface area (Å²) in [6.45, 7) is 2.28. The molecule has 1 N–H and O–H groups in total. The molecule has 1 amide bonds. The fourth-order valence-electron chi connectivity index (χ4n) is 2.23. The number of rotatable bonds is 4. The lowest BCUT2D eigenvalue weighted by molar-refractivity contribution is -0.130. The quantitative estimate of drug-likeness (QED) is 0.697. The molecule has 1 heterocycles. The van der Waals surface area contributed by atoms with E-state index in [0.717, 1.165) is 12.0 Å². The van der Waals surface area contributed by atoms with E-state index in [4.69, 9.17) is 9.47 Å². The summed E-state index contributed by atoms with van der Waals surface area (Å²) in [7, 11) is 0. The minimum absolute atomic E-state index is 0.170. The second kappa shape index (κ2) is 6.96. The molecule has 0 bridgehead atoms. The Morgan fingerprint density at radius 2 is 1.96 bits per heavy atom. The zero-order chi connectivity index (χ0) is 16.1. The zero-order valence-corrected chi connectivity index (χ0v) is 12.9. The maximum absolute atomic E-state index is 12.1. The highest BCUT2D eigenvalue weighted by Gasteiger charge is 2.26. The lowest BCUT2D eigenvalue weighted by Gasteiger charge is -2.24. The highest BCUT2D eigenvalue weighted by atomic mass is 16.6. The average molecular weight is 310 g/mol. The summed E-state index contributed by atoms with van der Waals surface area (Å²) in [4.78, 5) is 12.1. The molecule has 0 fully saturated rings. The Bertz CT molecular complexity index is 710. The van der Waals surface area contributed by atoms with Gasteiger partial charge in [-0.15, -0.1) is 0 Å². The third-order valence-electron chi connectivity index (χ3n) is 3.58. The molecule has 0 spiro atoms. The largest absolute Gasteiger partial charge is 0.485 e. The van der Waals surface area contributed by atoms with Gasteiger partial charge < -0.3 is 9.47 Å². The van der Waals surface area contributed by atoms with Gasteiger partial charge in [-0.3, -0.25) is 4.79 Å². The van der Waals surface area contributed by atoms with Crippen molar-refractivity contribution in [3.8, 4) is 11.5 Å². The SMILES string of the molecule is CCc1ccc(/C=N\NC(=O)[C@@H]2COc3ccccc3O2)cc1. The molecule has 1 aliphatic rings. The number of nitrogens with zero attached hydrogens (tertiary/aromatic N) is 1. The summed E-state index contributed by atoms with van der Waals surface area (Å²) in [5, 5.41) is 3.97. The molecule has 118 valence electrons. The monoisotopic (exact) mass is 310 g/mol. The second-order valence-corrected chi connectivity index (χ2v) is 5.19. The molecule has 23 heavy (non-hydrogen) atoms. The number of amides is 1. The maximum Gasteiger partial charge on any atom is 0.284 e. The lowest BCUT2D eigenvalue weighted by Crippen LogP contribution is -2.42. The van der Waals surface area contributed by atoms with E-state index in [1.165, 1.54) is 5.56 Å². The van der Waals surface area contributed by atoms with Crippen molar-refractivity contribution < 1.29 is 14.3 Å². The van der Waals surface area contributed by atoms with Crippen LogP contribution in [0.3, 0.4) is 0 Å². The molecule has 0 saturated carbocycles. The van der Waals surface area contributed by atoms with Crippen LogP contribution in [0.2, 0.25) is 0 Å². The molecule has 5 nitrogen and oxygen atoms in total. The van der Waals surface area contributed by atoms with Crippen molar-refractivity contribution in [3.05, 3.63) is 59.7 Å². The Hall–Kier alpha value is -2.82. The standard InChI is InChI=1S/C18H18N2O3/c1-2-13-7-9-14(10-8-13)11-19-20-18(21)17-12-22-15-5-3-4-6-16(15)23-17/h3-11,17H,2,12H2,1H3,(H,20,21)/b19-11-/t17-/m0/s1. The van der Waals surface area contributed by atoms with Gasteiger partial charge in [0.05, 0.1) is 6.21 Å². The van der Waals surface area contributed by atoms with E-state index in [1.807, 2.05) is 42.5 Å². The van der Waals surface area contributed by atoms with Crippen LogP contribution in [0.5, 0.6) is 11.5 Å². The molecular formula is C18H18N2O3. The molecule has 3 rings (SSSR count). The maximum atomic E-state index is 12.1. The van der Waals surface area contributed by atoms with Crippen LogP contribution in [0.1, 0.15) is 18.1 Å². The van der Waals surface area contributed by atoms with Crippen molar-refractivity contribution >= 4 is 12.1 Å². The molecule has 0 aromatic heterocycles. The molecular weight excluding hydrogens is 292 g/mol. The summed E-state index contributed by atoms with van der Waals surface area (Å²) in [6.07, 6.45) is 1.90. The Morgan fingerprint density at radius 3 is 2.70 bits per heavy atom. The van der Waals surface area contributed by atoms with Gasteiger partial charge in [-0.1, -0.05) is 43.3 Å². The summed E-state index contributed by atoms with van der Waals surface area (Å²) in [5.74, 6) is 0.884. The van der Waals surface area contributed by atoms with Crippen molar-refractivity contribution in [2.75, 3.05) is 6.61 Å². The number of aryl methyl sites for hydroxylation is 1. The molecule has 2 aromatic rings. The first-order valence-corrected chi connectivity index (χ1v) is 7.56. The fourth-order valence-corrected chi connectivity index (χ4v) is 2.23. The number of fused-ring (bicyclic) bond motifs is 1. The third kappa shape index (κ3) is 3.69. The molecule has 5 heteroatoms. The number of para-hydroxylation sites is 2. The van der Waals surface area contributed by atoms with Gasteiger partial charge >= 0.3 is 0 Å². The number of benzene rings is 2. The Balaban J connectivity index is 1.56. The van der Waals surface area contributed by atoms with Gasteiger partial charge in [-0.2, -0.15) is 5.10 Å². The average Bonchev–Trinajstić information content (AvgIpc) is 2.61. The van der Waals surface area contributed by atoms with E-state index in [1.54, 1.807) is 12.3 Å². The van der Waals surface area contributed by atoms with Crippen LogP contribution in [0.4, 0.5) is 0 Å². The number of ether oxygens (including phenoxy) is 2. The number of carbonyl (C=O) groups excluding carboxylic acids is 1. The topological polar surface area (TPSA) is 59.9 Å². The van der Waals surface area contributed by atoms with Crippen LogP contribution in [-0.2, 0) is 11.2 Å². The lowest BCUT2D eigenvalue weighted by atomic mass is 10.1. The van der Waals surface area contributed by atoms with Crippen LogP contribution in [0.15, 0.2) is 53.6 Å². The van der Waals surface area contributed by atoms with Crippen molar-refractivity contribution in [3.63, 3.8) is 0 Å². The predicted octanol–water partition coefficient (Wildman–Crippen LogP) is 2.54. The molecule has 1 aliphatic heterocycles. The number of hydrazone groups is 1. The van der Waals surface area contributed by atoms with E-state index >= 15 is 0 Å². The van der Waals surface area contributed by atoms with E-state index in [2.05, 4.69) is 17.5 Å². The smallest absolute Gasteiger partial charge is 0.284 e. The van der Waals surface area contributed by atoms with E-state index < -0.39 is 6.10 Å². The van der Waals surface area contributed by atoms with Gasteiger partial charge in [0.1, 0.15) is 6.61 Å². The van der Waals surface area contributed by atoms with Crippen LogP contribution < -0.4 is 14.9 Å². The van der Waals surface area contributed by atoms with E-state index in [-0.39, 0.29) is 12.5 Å². The van der Waals surface area contributed by atoms with Crippen molar-refractivity contribution in [1.29, 1.82) is 0 Å². The van der Waals surface area contributed by atoms with Gasteiger partial charge in [0.15, 0.2) is 11.5 Å². The summed E-state index contributed by atoms with van der Waals surface area (Å²) in [6, 6.07) is 15.3. The number of hydrogen-bond donors (Lipinski definition) is 1. The van der Waals surface area contributed by atoms with Crippen LogP contribution in [0.25, 0.3) is 0 Å². The predicted molar refractivity (Wildman–Crippen MR) is 87.9 cm³/mol. The molecule has 0 saturated heterocycles. The van der Waals surface area contributed by atoms with Gasteiger partial charge in [-0.25, -0.2) is 5.43 Å². The van der Waals surface area contributed by atoms with Crippen LogP contribution in [-0.4, -0.2) is 24.8 Å². The Kier molecular flexibility index (Phi) is 4.57. The summed E-state index contributed by atoms with van der Waals surface area (Å²) < 4.78 is 11.1. The van der Waals surface area contributed by atoms with Crippen LogP contribution >= 0.6 is 0 Å². The van der Waals surface area contributed by atoms with E-state index in [9.17, 15) is 4.79 Å². The number of hydrogen-bond acceptors (Lipinski definition) is 4. The van der Waals surface area contributed by atoms with E-state index in [0.29, 0.717) is 11.5 Å². The van der Waals surface area contributed by atoms with Gasteiger partial charge in [-0.05, 0) is 29.7 Å². The normalized spacial score (nSPS) is 16.3. The molecule has 0 unspecified atom stereocenters. The Morgan fingerprint density at radius 1 is 1.22 bits per heavy atom. The van der Waals surface area contributed by atoms with Crippen molar-refractivity contribution in [1.82, 2.24) is 5.43 Å². The second-order valence-electron chi connectivity index (χ2n) is 5.19. The number of nitrogens with one attached hydrogen (secondary N) is 1. The minimum atomic E-state index is -0.704. The summed E-state index contributed by atoms with van der Waals surface area (Å²) in [5.41, 5.74) is 4.67. The van der Waals surface area contributed by atoms with Crippen molar-refractivity contribution in [2.45, 2.75) is 19.4 Å². The molecule has 0 radical (unpaired) electrons. The first-order valence-electron chi connectivity index (χ1n) is 7.56. The fraction of sp³-hybridized carbons (Fsp3) is 0.222. The highest BCUT2D eigenvalue weighted by Crippen LogP contribution is 2.30. The Labute approximate surface area is 134 Å². The molecule has 2 aromatic carbocycles. The third-order valence-corrected chi connectivity index (χ3v) is 3.58. The van der Waals surface area contributed by atoms with Gasteiger partial charge in [0.25, 0.3) is 5.91 Å².